The van der Waals surface area contributed by atoms with E-state index in [2.05, 4.69) is 0 Å². The standard InChI is InChI=1S/C13H19NO5S/c1-9-7-11(13(15)16)8-12(10(9)2)20(17,18)14(3)5-6-19-4/h7-8H,5-6H2,1-4H3,(H,15,16). The number of ether oxygens (including phenoxy) is 1. The Morgan fingerprint density at radius 1 is 1.35 bits per heavy atom. The molecule has 1 aromatic carbocycles. The molecule has 0 saturated carbocycles. The molecule has 0 amide bonds. The van der Waals surface area contributed by atoms with E-state index in [1.807, 2.05) is 0 Å². The number of carbonyl (C=O) groups is 1. The van der Waals surface area contributed by atoms with E-state index in [0.717, 1.165) is 4.31 Å². The van der Waals surface area contributed by atoms with Gasteiger partial charge in [-0.2, -0.15) is 4.31 Å². The molecule has 0 aliphatic carbocycles. The normalized spacial score (nSPS) is 11.8. The van der Waals surface area contributed by atoms with Crippen molar-refractivity contribution < 1.29 is 23.1 Å². The lowest BCUT2D eigenvalue weighted by molar-refractivity contribution is 0.0696. The Labute approximate surface area is 119 Å². The Hall–Kier alpha value is -1.44. The molecule has 1 rings (SSSR count). The van der Waals surface area contributed by atoms with Gasteiger partial charge < -0.3 is 9.84 Å². The van der Waals surface area contributed by atoms with Crippen molar-refractivity contribution in [1.29, 1.82) is 0 Å². The number of likely N-dealkylation sites (N-methyl/N-ethyl adjacent to an activating group) is 1. The zero-order valence-corrected chi connectivity index (χ0v) is 12.8. The molecule has 112 valence electrons. The molecule has 7 heteroatoms. The van der Waals surface area contributed by atoms with Gasteiger partial charge in [-0.25, -0.2) is 13.2 Å². The summed E-state index contributed by atoms with van der Waals surface area (Å²) in [6.07, 6.45) is 0. The van der Waals surface area contributed by atoms with Crippen LogP contribution in [0, 0.1) is 13.8 Å². The molecule has 0 aliphatic heterocycles. The quantitative estimate of drug-likeness (QED) is 0.855. The molecular formula is C13H19NO5S. The first-order valence-electron chi connectivity index (χ1n) is 6.01. The molecule has 0 heterocycles. The molecule has 0 unspecified atom stereocenters. The van der Waals surface area contributed by atoms with Crippen LogP contribution in [0.3, 0.4) is 0 Å². The summed E-state index contributed by atoms with van der Waals surface area (Å²) in [7, 11) is -0.802. The Balaban J connectivity index is 3.34. The highest BCUT2D eigenvalue weighted by molar-refractivity contribution is 7.89. The van der Waals surface area contributed by atoms with Crippen LogP contribution in [0.4, 0.5) is 0 Å². The molecule has 0 saturated heterocycles. The average molecular weight is 301 g/mol. The van der Waals surface area contributed by atoms with Crippen molar-refractivity contribution >= 4 is 16.0 Å². The van der Waals surface area contributed by atoms with E-state index in [9.17, 15) is 13.2 Å². The van der Waals surface area contributed by atoms with Gasteiger partial charge in [-0.15, -0.1) is 0 Å². The van der Waals surface area contributed by atoms with E-state index >= 15 is 0 Å². The summed E-state index contributed by atoms with van der Waals surface area (Å²) in [5.74, 6) is -1.15. The van der Waals surface area contributed by atoms with Gasteiger partial charge >= 0.3 is 5.97 Å². The number of carboxylic acid groups (broad SMARTS) is 1. The molecule has 6 nitrogen and oxygen atoms in total. The number of aromatic carboxylic acids is 1. The number of methoxy groups -OCH3 is 1. The molecule has 0 spiro atoms. The van der Waals surface area contributed by atoms with E-state index in [0.29, 0.717) is 11.1 Å². The minimum atomic E-state index is -3.73. The number of benzene rings is 1. The molecule has 20 heavy (non-hydrogen) atoms. The van der Waals surface area contributed by atoms with Gasteiger partial charge in [0.1, 0.15) is 0 Å². The maximum atomic E-state index is 12.5. The maximum Gasteiger partial charge on any atom is 0.335 e. The summed E-state index contributed by atoms with van der Waals surface area (Å²) in [6, 6.07) is 2.66. The number of rotatable bonds is 6. The highest BCUT2D eigenvalue weighted by Gasteiger charge is 2.24. The van der Waals surface area contributed by atoms with Gasteiger partial charge in [0.2, 0.25) is 10.0 Å². The van der Waals surface area contributed by atoms with Gasteiger partial charge in [0, 0.05) is 20.7 Å². The maximum absolute atomic E-state index is 12.5. The van der Waals surface area contributed by atoms with E-state index < -0.39 is 16.0 Å². The first kappa shape index (κ1) is 16.6. The summed E-state index contributed by atoms with van der Waals surface area (Å²) >= 11 is 0. The average Bonchev–Trinajstić information content (AvgIpc) is 2.38. The topological polar surface area (TPSA) is 83.9 Å². The summed E-state index contributed by atoms with van der Waals surface area (Å²) < 4.78 is 30.9. The van der Waals surface area contributed by atoms with Crippen molar-refractivity contribution in [2.45, 2.75) is 18.7 Å². The highest BCUT2D eigenvalue weighted by atomic mass is 32.2. The van der Waals surface area contributed by atoms with Gasteiger partial charge in [0.25, 0.3) is 0 Å². The lowest BCUT2D eigenvalue weighted by Gasteiger charge is -2.19. The van der Waals surface area contributed by atoms with Crippen molar-refractivity contribution in [3.63, 3.8) is 0 Å². The van der Waals surface area contributed by atoms with E-state index in [4.69, 9.17) is 9.84 Å². The Morgan fingerprint density at radius 2 is 1.95 bits per heavy atom. The first-order valence-corrected chi connectivity index (χ1v) is 7.45. The summed E-state index contributed by atoms with van der Waals surface area (Å²) in [6.45, 7) is 3.83. The minimum absolute atomic E-state index is 0.0218. The van der Waals surface area contributed by atoms with Crippen molar-refractivity contribution in [2.75, 3.05) is 27.3 Å². The molecule has 0 radical (unpaired) electrons. The van der Waals surface area contributed by atoms with Gasteiger partial charge in [0.15, 0.2) is 0 Å². The van der Waals surface area contributed by atoms with Gasteiger partial charge in [-0.1, -0.05) is 0 Å². The summed E-state index contributed by atoms with van der Waals surface area (Å²) in [5.41, 5.74) is 1.15. The molecule has 0 aromatic heterocycles. The predicted octanol–water partition coefficient (Wildman–Crippen LogP) is 1.27. The van der Waals surface area contributed by atoms with Crippen LogP contribution in [-0.2, 0) is 14.8 Å². The lowest BCUT2D eigenvalue weighted by atomic mass is 10.1. The third-order valence-corrected chi connectivity index (χ3v) is 5.15. The van der Waals surface area contributed by atoms with Crippen molar-refractivity contribution in [3.8, 4) is 0 Å². The van der Waals surface area contributed by atoms with E-state index in [1.54, 1.807) is 13.8 Å². The minimum Gasteiger partial charge on any atom is -0.478 e. The number of aryl methyl sites for hydroxylation is 1. The van der Waals surface area contributed by atoms with Crippen molar-refractivity contribution in [2.24, 2.45) is 0 Å². The second-order valence-electron chi connectivity index (χ2n) is 4.54. The summed E-state index contributed by atoms with van der Waals surface area (Å²) in [5, 5.41) is 9.04. The first-order chi connectivity index (χ1) is 9.21. The predicted molar refractivity (Wildman–Crippen MR) is 74.6 cm³/mol. The van der Waals surface area contributed by atoms with Crippen LogP contribution in [0.5, 0.6) is 0 Å². The molecule has 0 bridgehead atoms. The third-order valence-electron chi connectivity index (χ3n) is 3.17. The van der Waals surface area contributed by atoms with Crippen molar-refractivity contribution in [1.82, 2.24) is 4.31 Å². The fraction of sp³-hybridized carbons (Fsp3) is 0.462. The zero-order chi connectivity index (χ0) is 15.5. The molecule has 1 N–H and O–H groups in total. The fourth-order valence-electron chi connectivity index (χ4n) is 1.73. The van der Waals surface area contributed by atoms with Crippen LogP contribution < -0.4 is 0 Å². The second-order valence-corrected chi connectivity index (χ2v) is 6.55. The van der Waals surface area contributed by atoms with Gasteiger partial charge in [0.05, 0.1) is 17.1 Å². The number of hydrogen-bond acceptors (Lipinski definition) is 4. The zero-order valence-electron chi connectivity index (χ0n) is 12.0. The van der Waals surface area contributed by atoms with Crippen LogP contribution in [0.15, 0.2) is 17.0 Å². The van der Waals surface area contributed by atoms with Gasteiger partial charge in [-0.05, 0) is 37.1 Å². The number of carboxylic acids is 1. The lowest BCUT2D eigenvalue weighted by Crippen LogP contribution is -2.31. The molecular weight excluding hydrogens is 282 g/mol. The van der Waals surface area contributed by atoms with Gasteiger partial charge in [-0.3, -0.25) is 0 Å². The number of sulfonamides is 1. The highest BCUT2D eigenvalue weighted by Crippen LogP contribution is 2.23. The number of nitrogens with zero attached hydrogens (tertiary/aromatic N) is 1. The largest absolute Gasteiger partial charge is 0.478 e. The Morgan fingerprint density at radius 3 is 2.45 bits per heavy atom. The second kappa shape index (κ2) is 6.34. The SMILES string of the molecule is COCCN(C)S(=O)(=O)c1cc(C(=O)O)cc(C)c1C. The van der Waals surface area contributed by atoms with Crippen LogP contribution in [0.1, 0.15) is 21.5 Å². The van der Waals surface area contributed by atoms with Crippen molar-refractivity contribution in [3.05, 3.63) is 28.8 Å². The number of hydrogen-bond donors (Lipinski definition) is 1. The van der Waals surface area contributed by atoms with Crippen LogP contribution in [-0.4, -0.2) is 51.1 Å². The molecule has 0 fully saturated rings. The van der Waals surface area contributed by atoms with E-state index in [-0.39, 0.29) is 23.6 Å². The molecule has 0 atom stereocenters. The third kappa shape index (κ3) is 3.36. The fourth-order valence-corrected chi connectivity index (χ4v) is 3.20. The molecule has 0 aliphatic rings. The summed E-state index contributed by atoms with van der Waals surface area (Å²) in [4.78, 5) is 11.1. The Kier molecular flexibility index (Phi) is 5.27. The smallest absolute Gasteiger partial charge is 0.335 e. The molecule has 1 aromatic rings. The van der Waals surface area contributed by atoms with Crippen LogP contribution in [0.25, 0.3) is 0 Å². The Bertz CT molecular complexity index is 609. The van der Waals surface area contributed by atoms with E-state index in [1.165, 1.54) is 26.3 Å². The van der Waals surface area contributed by atoms with Crippen LogP contribution >= 0.6 is 0 Å². The van der Waals surface area contributed by atoms with Crippen LogP contribution in [0.2, 0.25) is 0 Å². The monoisotopic (exact) mass is 301 g/mol.